The first-order valence-electron chi connectivity index (χ1n) is 8.12. The smallest absolute Gasteiger partial charge is 0.276 e. The molecule has 0 radical (unpaired) electrons. The Morgan fingerprint density at radius 3 is 2.79 bits per heavy atom. The van der Waals surface area contributed by atoms with Crippen LogP contribution < -0.4 is 14.8 Å². The van der Waals surface area contributed by atoms with E-state index in [1.54, 1.807) is 0 Å². The van der Waals surface area contributed by atoms with Gasteiger partial charge in [0.25, 0.3) is 11.6 Å². The molecule has 0 aliphatic heterocycles. The van der Waals surface area contributed by atoms with Crippen molar-refractivity contribution in [2.75, 3.05) is 12.4 Å². The standard InChI is InChI=1S/C18H14ClFN4O5/c1-28-17-8-11(24(26)27)2-5-15(17)21-18(25)16-6-7-23(22-16)10-29-12-3-4-14(20)13(19)9-12/h2-9H,10H2,1H3,(H,21,25). The number of non-ortho nitro benzene ring substituents is 1. The minimum absolute atomic E-state index is 0.0317. The van der Waals surface area contributed by atoms with Gasteiger partial charge in [0.15, 0.2) is 12.4 Å². The van der Waals surface area contributed by atoms with Gasteiger partial charge in [0.2, 0.25) is 0 Å². The van der Waals surface area contributed by atoms with Gasteiger partial charge in [0, 0.05) is 18.3 Å². The van der Waals surface area contributed by atoms with E-state index in [0.717, 1.165) is 0 Å². The van der Waals surface area contributed by atoms with Crippen LogP contribution in [0.15, 0.2) is 48.7 Å². The highest BCUT2D eigenvalue weighted by Crippen LogP contribution is 2.29. The highest BCUT2D eigenvalue weighted by molar-refractivity contribution is 6.30. The molecule has 0 saturated heterocycles. The van der Waals surface area contributed by atoms with Gasteiger partial charge in [0.05, 0.1) is 28.8 Å². The summed E-state index contributed by atoms with van der Waals surface area (Å²) in [5.74, 6) is -0.614. The fourth-order valence-electron chi connectivity index (χ4n) is 2.35. The van der Waals surface area contributed by atoms with Gasteiger partial charge in [-0.2, -0.15) is 5.10 Å². The van der Waals surface area contributed by atoms with Crippen LogP contribution in [0.1, 0.15) is 10.5 Å². The number of nitrogens with one attached hydrogen (secondary N) is 1. The zero-order valence-electron chi connectivity index (χ0n) is 15.0. The normalized spacial score (nSPS) is 10.4. The van der Waals surface area contributed by atoms with Gasteiger partial charge in [-0.15, -0.1) is 0 Å². The lowest BCUT2D eigenvalue weighted by molar-refractivity contribution is -0.384. The molecular weight excluding hydrogens is 407 g/mol. The molecule has 1 aromatic heterocycles. The van der Waals surface area contributed by atoms with Crippen LogP contribution in [-0.2, 0) is 6.73 Å². The Bertz CT molecular complexity index is 1070. The van der Waals surface area contributed by atoms with E-state index in [1.165, 1.54) is 60.5 Å². The first-order chi connectivity index (χ1) is 13.9. The van der Waals surface area contributed by atoms with E-state index in [9.17, 15) is 19.3 Å². The van der Waals surface area contributed by atoms with E-state index in [2.05, 4.69) is 10.4 Å². The molecule has 0 aliphatic carbocycles. The summed E-state index contributed by atoms with van der Waals surface area (Å²) in [5.41, 5.74) is 0.183. The summed E-state index contributed by atoms with van der Waals surface area (Å²) in [4.78, 5) is 22.7. The number of nitrogens with zero attached hydrogens (tertiary/aromatic N) is 3. The molecule has 150 valence electrons. The summed E-state index contributed by atoms with van der Waals surface area (Å²) in [6.45, 7) is -0.0317. The van der Waals surface area contributed by atoms with Crippen LogP contribution in [0.25, 0.3) is 0 Å². The second kappa shape index (κ2) is 8.57. The van der Waals surface area contributed by atoms with E-state index in [1.807, 2.05) is 0 Å². The summed E-state index contributed by atoms with van der Waals surface area (Å²) in [5, 5.41) is 17.4. The number of nitro benzene ring substituents is 1. The number of anilines is 1. The Balaban J connectivity index is 1.66. The number of carbonyl (C=O) groups is 1. The molecule has 3 rings (SSSR count). The molecule has 0 spiro atoms. The highest BCUT2D eigenvalue weighted by atomic mass is 35.5. The number of benzene rings is 2. The van der Waals surface area contributed by atoms with Crippen LogP contribution in [0.3, 0.4) is 0 Å². The molecule has 1 amide bonds. The third-order valence-electron chi connectivity index (χ3n) is 3.77. The van der Waals surface area contributed by atoms with Crippen molar-refractivity contribution in [3.05, 3.63) is 75.3 Å². The number of methoxy groups -OCH3 is 1. The Morgan fingerprint density at radius 1 is 1.31 bits per heavy atom. The predicted octanol–water partition coefficient (Wildman–Crippen LogP) is 3.88. The van der Waals surface area contributed by atoms with Crippen molar-refractivity contribution in [3.8, 4) is 11.5 Å². The number of nitro groups is 1. The van der Waals surface area contributed by atoms with E-state index in [4.69, 9.17) is 21.1 Å². The Kier molecular flexibility index (Phi) is 5.93. The molecule has 2 aromatic carbocycles. The minimum atomic E-state index is -0.565. The van der Waals surface area contributed by atoms with Crippen LogP contribution in [0, 0.1) is 15.9 Å². The number of rotatable bonds is 7. The first kappa shape index (κ1) is 20.1. The van der Waals surface area contributed by atoms with Gasteiger partial charge in [-0.05, 0) is 24.3 Å². The van der Waals surface area contributed by atoms with Gasteiger partial charge in [0.1, 0.15) is 17.3 Å². The predicted molar refractivity (Wildman–Crippen MR) is 102 cm³/mol. The first-order valence-corrected chi connectivity index (χ1v) is 8.50. The van der Waals surface area contributed by atoms with Gasteiger partial charge < -0.3 is 14.8 Å². The van der Waals surface area contributed by atoms with E-state index in [0.29, 0.717) is 5.75 Å². The molecule has 9 nitrogen and oxygen atoms in total. The molecule has 1 N–H and O–H groups in total. The summed E-state index contributed by atoms with van der Waals surface area (Å²) < 4.78 is 25.0. The molecule has 0 aliphatic rings. The van der Waals surface area contributed by atoms with Crippen LogP contribution in [-0.4, -0.2) is 27.7 Å². The lowest BCUT2D eigenvalue weighted by Crippen LogP contribution is -2.15. The zero-order valence-corrected chi connectivity index (χ0v) is 15.7. The minimum Gasteiger partial charge on any atom is -0.494 e. The lowest BCUT2D eigenvalue weighted by atomic mass is 10.2. The van der Waals surface area contributed by atoms with Crippen molar-refractivity contribution in [2.24, 2.45) is 0 Å². The van der Waals surface area contributed by atoms with Crippen LogP contribution in [0.5, 0.6) is 11.5 Å². The summed E-state index contributed by atoms with van der Waals surface area (Å²) in [7, 11) is 1.34. The summed E-state index contributed by atoms with van der Waals surface area (Å²) in [6, 6.07) is 9.21. The van der Waals surface area contributed by atoms with E-state index >= 15 is 0 Å². The maximum absolute atomic E-state index is 13.2. The SMILES string of the molecule is COc1cc([N+](=O)[O-])ccc1NC(=O)c1ccn(COc2ccc(F)c(Cl)c2)n1. The maximum atomic E-state index is 13.2. The third-order valence-corrected chi connectivity index (χ3v) is 4.06. The maximum Gasteiger partial charge on any atom is 0.276 e. The van der Waals surface area contributed by atoms with Gasteiger partial charge >= 0.3 is 0 Å². The average Bonchev–Trinajstić information content (AvgIpc) is 3.18. The molecule has 11 heteroatoms. The number of carbonyl (C=O) groups excluding carboxylic acids is 1. The number of hydrogen-bond acceptors (Lipinski definition) is 6. The van der Waals surface area contributed by atoms with Crippen molar-refractivity contribution in [3.63, 3.8) is 0 Å². The number of hydrogen-bond donors (Lipinski definition) is 1. The topological polar surface area (TPSA) is 109 Å². The van der Waals surface area contributed by atoms with Gasteiger partial charge in [-0.25, -0.2) is 9.07 Å². The fraction of sp³-hybridized carbons (Fsp3) is 0.111. The van der Waals surface area contributed by atoms with Crippen molar-refractivity contribution >= 4 is 28.9 Å². The second-order valence-corrected chi connectivity index (χ2v) is 6.09. The summed E-state index contributed by atoms with van der Waals surface area (Å²) in [6.07, 6.45) is 1.52. The largest absolute Gasteiger partial charge is 0.494 e. The fourth-order valence-corrected chi connectivity index (χ4v) is 2.52. The number of ether oxygens (including phenoxy) is 2. The molecular formula is C18H14ClFN4O5. The lowest BCUT2D eigenvalue weighted by Gasteiger charge is -2.09. The third kappa shape index (κ3) is 4.79. The Morgan fingerprint density at radius 2 is 2.10 bits per heavy atom. The molecule has 0 atom stereocenters. The zero-order chi connectivity index (χ0) is 21.0. The Hall–Kier alpha value is -3.66. The average molecular weight is 421 g/mol. The number of aromatic nitrogens is 2. The van der Waals surface area contributed by atoms with Gasteiger partial charge in [-0.1, -0.05) is 11.6 Å². The highest BCUT2D eigenvalue weighted by Gasteiger charge is 2.16. The van der Waals surface area contributed by atoms with Crippen LogP contribution >= 0.6 is 11.6 Å². The monoisotopic (exact) mass is 420 g/mol. The Labute approximate surface area is 168 Å². The molecule has 0 saturated carbocycles. The summed E-state index contributed by atoms with van der Waals surface area (Å²) >= 11 is 5.69. The molecule has 0 unspecified atom stereocenters. The molecule has 0 bridgehead atoms. The van der Waals surface area contributed by atoms with Gasteiger partial charge in [-0.3, -0.25) is 14.9 Å². The van der Waals surface area contributed by atoms with Crippen LogP contribution in [0.2, 0.25) is 5.02 Å². The second-order valence-electron chi connectivity index (χ2n) is 5.69. The van der Waals surface area contributed by atoms with Crippen molar-refractivity contribution in [2.45, 2.75) is 6.73 Å². The molecule has 29 heavy (non-hydrogen) atoms. The van der Waals surface area contributed by atoms with Crippen molar-refractivity contribution < 1.29 is 23.6 Å². The molecule has 3 aromatic rings. The van der Waals surface area contributed by atoms with E-state index in [-0.39, 0.29) is 34.6 Å². The number of halogens is 2. The quantitative estimate of drug-likeness (QED) is 0.459. The molecule has 0 fully saturated rings. The number of amides is 1. The molecule has 1 heterocycles. The van der Waals surface area contributed by atoms with Crippen LogP contribution in [0.4, 0.5) is 15.8 Å². The van der Waals surface area contributed by atoms with Crippen molar-refractivity contribution in [1.82, 2.24) is 9.78 Å². The van der Waals surface area contributed by atoms with Crippen molar-refractivity contribution in [1.29, 1.82) is 0 Å². The van der Waals surface area contributed by atoms with E-state index < -0.39 is 16.6 Å².